The largest absolute Gasteiger partial charge is 0.467 e. The van der Waals surface area contributed by atoms with Crippen LogP contribution in [0, 0.1) is 0 Å². The van der Waals surface area contributed by atoms with E-state index in [0.29, 0.717) is 0 Å². The number of aliphatic hydroxyl groups is 1. The van der Waals surface area contributed by atoms with Crippen LogP contribution in [0.4, 0.5) is 0 Å². The van der Waals surface area contributed by atoms with Crippen molar-refractivity contribution in [2.75, 3.05) is 13.7 Å². The van der Waals surface area contributed by atoms with Gasteiger partial charge in [0, 0.05) is 6.21 Å². The molecular weight excluding hydrogens is 242 g/mol. The van der Waals surface area contributed by atoms with Gasteiger partial charge in [0.05, 0.1) is 13.7 Å². The normalized spacial score (nSPS) is 12.7. The monoisotopic (exact) mass is 257 g/mol. The highest BCUT2D eigenvalue weighted by molar-refractivity contribution is 5.91. The van der Waals surface area contributed by atoms with E-state index in [1.165, 1.54) is 7.11 Å². The first-order chi connectivity index (χ1) is 9.24. The molecule has 0 radical (unpaired) electrons. The molecular formula is C15H15NO3. The SMILES string of the molecule is COC(=O)C(CO)N=Cc1ccc2ccccc2c1. The van der Waals surface area contributed by atoms with Crippen molar-refractivity contribution < 1.29 is 14.6 Å². The summed E-state index contributed by atoms with van der Waals surface area (Å²) in [6.07, 6.45) is 1.57. The highest BCUT2D eigenvalue weighted by atomic mass is 16.5. The van der Waals surface area contributed by atoms with E-state index in [0.717, 1.165) is 16.3 Å². The zero-order valence-corrected chi connectivity index (χ0v) is 10.6. The molecule has 0 bridgehead atoms. The average Bonchev–Trinajstić information content (AvgIpc) is 2.47. The Morgan fingerprint density at radius 2 is 2.05 bits per heavy atom. The third-order valence-corrected chi connectivity index (χ3v) is 2.82. The van der Waals surface area contributed by atoms with Gasteiger partial charge in [0.25, 0.3) is 0 Å². The fourth-order valence-electron chi connectivity index (χ4n) is 1.78. The number of fused-ring (bicyclic) bond motifs is 1. The smallest absolute Gasteiger partial charge is 0.332 e. The van der Waals surface area contributed by atoms with Gasteiger partial charge in [-0.3, -0.25) is 4.99 Å². The van der Waals surface area contributed by atoms with Crippen LogP contribution in [-0.4, -0.2) is 37.0 Å². The number of hydrogen-bond donors (Lipinski definition) is 1. The molecule has 0 aromatic heterocycles. The maximum Gasteiger partial charge on any atom is 0.332 e. The molecule has 1 unspecified atom stereocenters. The number of carbonyl (C=O) groups excluding carboxylic acids is 1. The first-order valence-electron chi connectivity index (χ1n) is 5.95. The van der Waals surface area contributed by atoms with Crippen LogP contribution < -0.4 is 0 Å². The zero-order chi connectivity index (χ0) is 13.7. The second kappa shape index (κ2) is 6.11. The molecule has 19 heavy (non-hydrogen) atoms. The van der Waals surface area contributed by atoms with Crippen LogP contribution in [0.3, 0.4) is 0 Å². The summed E-state index contributed by atoms with van der Waals surface area (Å²) in [4.78, 5) is 15.3. The number of hydrogen-bond acceptors (Lipinski definition) is 4. The van der Waals surface area contributed by atoms with E-state index in [2.05, 4.69) is 9.73 Å². The Labute approximate surface area is 111 Å². The molecule has 4 heteroatoms. The minimum Gasteiger partial charge on any atom is -0.467 e. The lowest BCUT2D eigenvalue weighted by Crippen LogP contribution is -2.24. The number of carbonyl (C=O) groups is 1. The molecule has 0 heterocycles. The maximum absolute atomic E-state index is 11.3. The van der Waals surface area contributed by atoms with Gasteiger partial charge in [-0.1, -0.05) is 36.4 Å². The van der Waals surface area contributed by atoms with Gasteiger partial charge in [0.15, 0.2) is 6.04 Å². The average molecular weight is 257 g/mol. The topological polar surface area (TPSA) is 58.9 Å². The molecule has 0 saturated carbocycles. The maximum atomic E-state index is 11.3. The summed E-state index contributed by atoms with van der Waals surface area (Å²) in [5.74, 6) is -0.542. The van der Waals surface area contributed by atoms with Gasteiger partial charge < -0.3 is 9.84 Å². The van der Waals surface area contributed by atoms with E-state index in [1.54, 1.807) is 6.21 Å². The quantitative estimate of drug-likeness (QED) is 0.671. The first-order valence-corrected chi connectivity index (χ1v) is 5.95. The Balaban J connectivity index is 2.22. The van der Waals surface area contributed by atoms with Crippen LogP contribution in [-0.2, 0) is 9.53 Å². The molecule has 0 aliphatic rings. The lowest BCUT2D eigenvalue weighted by atomic mass is 10.1. The summed E-state index contributed by atoms with van der Waals surface area (Å²) < 4.78 is 4.55. The van der Waals surface area contributed by atoms with Crippen molar-refractivity contribution in [2.45, 2.75) is 6.04 Å². The van der Waals surface area contributed by atoms with Crippen LogP contribution in [0.2, 0.25) is 0 Å². The van der Waals surface area contributed by atoms with E-state index < -0.39 is 12.0 Å². The van der Waals surface area contributed by atoms with Gasteiger partial charge in [-0.15, -0.1) is 0 Å². The molecule has 0 amide bonds. The summed E-state index contributed by atoms with van der Waals surface area (Å²) in [6.45, 7) is -0.364. The highest BCUT2D eigenvalue weighted by Crippen LogP contribution is 2.14. The number of aliphatic imine (C=N–C) groups is 1. The van der Waals surface area contributed by atoms with Gasteiger partial charge in [-0.25, -0.2) is 4.79 Å². The predicted octanol–water partition coefficient (Wildman–Crippen LogP) is 1.79. The van der Waals surface area contributed by atoms with Crippen molar-refractivity contribution in [1.82, 2.24) is 0 Å². The Morgan fingerprint density at radius 3 is 2.74 bits per heavy atom. The Morgan fingerprint density at radius 1 is 1.32 bits per heavy atom. The van der Waals surface area contributed by atoms with Crippen molar-refractivity contribution in [3.63, 3.8) is 0 Å². The van der Waals surface area contributed by atoms with Crippen LogP contribution in [0.15, 0.2) is 47.5 Å². The number of benzene rings is 2. The number of esters is 1. The second-order valence-corrected chi connectivity index (χ2v) is 4.11. The third-order valence-electron chi connectivity index (χ3n) is 2.82. The first kappa shape index (κ1) is 13.2. The molecule has 0 aliphatic heterocycles. The zero-order valence-electron chi connectivity index (χ0n) is 10.6. The second-order valence-electron chi connectivity index (χ2n) is 4.11. The van der Waals surface area contributed by atoms with Gasteiger partial charge >= 0.3 is 5.97 Å². The van der Waals surface area contributed by atoms with Gasteiger partial charge in [0.1, 0.15) is 0 Å². The fraction of sp³-hybridized carbons (Fsp3) is 0.200. The molecule has 0 fully saturated rings. The standard InChI is InChI=1S/C15H15NO3/c1-19-15(18)14(10-17)16-9-11-6-7-12-4-2-3-5-13(12)8-11/h2-9,14,17H,10H2,1H3. The molecule has 0 aliphatic carbocycles. The molecule has 1 atom stereocenters. The van der Waals surface area contributed by atoms with Gasteiger partial charge in [-0.2, -0.15) is 0 Å². The number of nitrogens with zero attached hydrogens (tertiary/aromatic N) is 1. The molecule has 0 spiro atoms. The molecule has 4 nitrogen and oxygen atoms in total. The lowest BCUT2D eigenvalue weighted by molar-refractivity contribution is -0.142. The van der Waals surface area contributed by atoms with Crippen LogP contribution in [0.5, 0.6) is 0 Å². The van der Waals surface area contributed by atoms with Crippen molar-refractivity contribution in [3.05, 3.63) is 48.0 Å². The fourth-order valence-corrected chi connectivity index (χ4v) is 1.78. The number of aliphatic hydroxyl groups excluding tert-OH is 1. The predicted molar refractivity (Wildman–Crippen MR) is 74.4 cm³/mol. The third kappa shape index (κ3) is 3.17. The van der Waals surface area contributed by atoms with Crippen molar-refractivity contribution in [3.8, 4) is 0 Å². The van der Waals surface area contributed by atoms with Crippen LogP contribution in [0.25, 0.3) is 10.8 Å². The summed E-state index contributed by atoms with van der Waals surface area (Å²) in [5.41, 5.74) is 0.876. The van der Waals surface area contributed by atoms with E-state index in [9.17, 15) is 4.79 Å². The van der Waals surface area contributed by atoms with Crippen molar-refractivity contribution >= 4 is 23.0 Å². The minimum atomic E-state index is -0.864. The van der Waals surface area contributed by atoms with Crippen molar-refractivity contribution in [1.29, 1.82) is 0 Å². The summed E-state index contributed by atoms with van der Waals surface area (Å²) >= 11 is 0. The summed E-state index contributed by atoms with van der Waals surface area (Å²) in [6, 6.07) is 13.0. The van der Waals surface area contributed by atoms with Gasteiger partial charge in [0.2, 0.25) is 0 Å². The van der Waals surface area contributed by atoms with Crippen LogP contribution >= 0.6 is 0 Å². The van der Waals surface area contributed by atoms with E-state index >= 15 is 0 Å². The molecule has 2 aromatic carbocycles. The molecule has 0 saturated heterocycles. The molecule has 1 N–H and O–H groups in total. The molecule has 98 valence electrons. The van der Waals surface area contributed by atoms with E-state index in [1.807, 2.05) is 42.5 Å². The lowest BCUT2D eigenvalue weighted by Gasteiger charge is -2.06. The number of rotatable bonds is 4. The van der Waals surface area contributed by atoms with Crippen molar-refractivity contribution in [2.24, 2.45) is 4.99 Å². The number of methoxy groups -OCH3 is 1. The molecule has 2 rings (SSSR count). The Kier molecular flexibility index (Phi) is 4.26. The van der Waals surface area contributed by atoms with Crippen LogP contribution in [0.1, 0.15) is 5.56 Å². The Hall–Kier alpha value is -2.20. The minimum absolute atomic E-state index is 0.364. The van der Waals surface area contributed by atoms with E-state index in [-0.39, 0.29) is 6.61 Å². The summed E-state index contributed by atoms with van der Waals surface area (Å²) in [7, 11) is 1.27. The highest BCUT2D eigenvalue weighted by Gasteiger charge is 2.15. The summed E-state index contributed by atoms with van der Waals surface area (Å²) in [5, 5.41) is 11.3. The Bertz CT molecular complexity index is 607. The van der Waals surface area contributed by atoms with E-state index in [4.69, 9.17) is 5.11 Å². The number of ether oxygens (including phenoxy) is 1. The van der Waals surface area contributed by atoms with Gasteiger partial charge in [-0.05, 0) is 22.4 Å². The molecule has 2 aromatic rings.